The van der Waals surface area contributed by atoms with Gasteiger partial charge in [-0.2, -0.15) is 0 Å². The van der Waals surface area contributed by atoms with Crippen molar-refractivity contribution in [1.82, 2.24) is 9.29 Å². The Balaban J connectivity index is 1.41. The maximum absolute atomic E-state index is 12.9. The molecule has 0 radical (unpaired) electrons. The molecule has 0 atom stereocenters. The maximum atomic E-state index is 12.9. The number of piperidine rings is 2. The predicted molar refractivity (Wildman–Crippen MR) is 126 cm³/mol. The van der Waals surface area contributed by atoms with E-state index in [0.29, 0.717) is 18.8 Å². The summed E-state index contributed by atoms with van der Waals surface area (Å²) in [5.74, 6) is 0.145. The molecular formula is C22H30N4O3S2. The van der Waals surface area contributed by atoms with Crippen molar-refractivity contribution in [3.63, 3.8) is 0 Å². The summed E-state index contributed by atoms with van der Waals surface area (Å²) >= 11 is 1.49. The Morgan fingerprint density at radius 1 is 1.13 bits per heavy atom. The van der Waals surface area contributed by atoms with Crippen molar-refractivity contribution in [2.45, 2.75) is 44.9 Å². The third kappa shape index (κ3) is 5.10. The van der Waals surface area contributed by atoms with Crippen LogP contribution in [0.3, 0.4) is 0 Å². The highest BCUT2D eigenvalue weighted by molar-refractivity contribution is 7.89. The van der Waals surface area contributed by atoms with Gasteiger partial charge in [-0.3, -0.25) is 4.79 Å². The molecule has 2 saturated heterocycles. The Hall–Kier alpha value is -1.97. The second-order valence-electron chi connectivity index (χ2n) is 8.16. The SMILES string of the molecule is CCS(=O)(=O)N1CCC(c2nc(C(=O)Nc3ccccc3N3CCCCC3)cs2)CC1. The van der Waals surface area contributed by atoms with Crippen molar-refractivity contribution in [2.75, 3.05) is 42.1 Å². The van der Waals surface area contributed by atoms with Gasteiger partial charge < -0.3 is 10.2 Å². The fourth-order valence-electron chi connectivity index (χ4n) is 4.32. The van der Waals surface area contributed by atoms with Crippen molar-refractivity contribution in [1.29, 1.82) is 0 Å². The number of carbonyl (C=O) groups excluding carboxylic acids is 1. The van der Waals surface area contributed by atoms with Crippen LogP contribution >= 0.6 is 11.3 Å². The second kappa shape index (κ2) is 9.67. The van der Waals surface area contributed by atoms with Gasteiger partial charge in [0.25, 0.3) is 5.91 Å². The molecule has 3 heterocycles. The molecule has 0 bridgehead atoms. The Kier molecular flexibility index (Phi) is 6.93. The lowest BCUT2D eigenvalue weighted by Crippen LogP contribution is -2.38. The molecule has 7 nitrogen and oxygen atoms in total. The average Bonchev–Trinajstić information content (AvgIpc) is 3.31. The fourth-order valence-corrected chi connectivity index (χ4v) is 6.42. The first-order valence-electron chi connectivity index (χ1n) is 11.1. The van der Waals surface area contributed by atoms with Gasteiger partial charge in [-0.25, -0.2) is 17.7 Å². The number of hydrogen-bond donors (Lipinski definition) is 1. The van der Waals surface area contributed by atoms with Gasteiger partial charge >= 0.3 is 0 Å². The Morgan fingerprint density at radius 3 is 2.55 bits per heavy atom. The molecule has 0 unspecified atom stereocenters. The number of para-hydroxylation sites is 2. The van der Waals surface area contributed by atoms with Crippen molar-refractivity contribution in [3.8, 4) is 0 Å². The van der Waals surface area contributed by atoms with E-state index >= 15 is 0 Å². The highest BCUT2D eigenvalue weighted by Crippen LogP contribution is 2.32. The summed E-state index contributed by atoms with van der Waals surface area (Å²) in [7, 11) is -3.13. The number of thiazole rings is 1. The molecule has 1 amide bonds. The van der Waals surface area contributed by atoms with E-state index in [9.17, 15) is 13.2 Å². The maximum Gasteiger partial charge on any atom is 0.275 e. The molecule has 4 rings (SSSR count). The van der Waals surface area contributed by atoms with Gasteiger partial charge in [-0.05, 0) is 51.2 Å². The lowest BCUT2D eigenvalue weighted by Gasteiger charge is -2.30. The number of nitrogens with one attached hydrogen (secondary N) is 1. The van der Waals surface area contributed by atoms with Crippen LogP contribution in [0.25, 0.3) is 0 Å². The van der Waals surface area contributed by atoms with E-state index in [1.54, 1.807) is 11.2 Å². The van der Waals surface area contributed by atoms with Crippen molar-refractivity contribution < 1.29 is 13.2 Å². The fraction of sp³-hybridized carbons (Fsp3) is 0.545. The molecule has 2 aromatic rings. The van der Waals surface area contributed by atoms with E-state index in [2.05, 4.69) is 21.3 Å². The van der Waals surface area contributed by atoms with Gasteiger partial charge in [0.05, 0.1) is 22.1 Å². The third-order valence-corrected chi connectivity index (χ3v) is 9.05. The predicted octanol–water partition coefficient (Wildman–Crippen LogP) is 3.91. The quantitative estimate of drug-likeness (QED) is 0.704. The zero-order valence-electron chi connectivity index (χ0n) is 17.9. The van der Waals surface area contributed by atoms with Crippen LogP contribution in [-0.4, -0.2) is 55.5 Å². The van der Waals surface area contributed by atoms with Gasteiger partial charge in [0, 0.05) is 37.5 Å². The second-order valence-corrected chi connectivity index (χ2v) is 11.3. The molecule has 0 spiro atoms. The number of benzene rings is 1. The van der Waals surface area contributed by atoms with E-state index < -0.39 is 10.0 Å². The standard InChI is InChI=1S/C22H30N4O3S2/c1-2-31(28,29)26-14-10-17(11-15-26)22-24-19(16-30-22)21(27)23-18-8-4-5-9-20(18)25-12-6-3-7-13-25/h4-5,8-9,16-17H,2-3,6-7,10-15H2,1H3,(H,23,27). The molecule has 2 fully saturated rings. The van der Waals surface area contributed by atoms with Gasteiger partial charge in [0.2, 0.25) is 10.0 Å². The van der Waals surface area contributed by atoms with E-state index in [0.717, 1.165) is 42.3 Å². The first-order chi connectivity index (χ1) is 15.0. The molecule has 1 N–H and O–H groups in total. The van der Waals surface area contributed by atoms with Crippen molar-refractivity contribution in [2.24, 2.45) is 0 Å². The number of anilines is 2. The topological polar surface area (TPSA) is 82.6 Å². The molecule has 2 aliphatic heterocycles. The van der Waals surface area contributed by atoms with E-state index in [-0.39, 0.29) is 17.6 Å². The largest absolute Gasteiger partial charge is 0.370 e. The third-order valence-electron chi connectivity index (χ3n) is 6.16. The first kappa shape index (κ1) is 22.2. The molecule has 1 aromatic heterocycles. The van der Waals surface area contributed by atoms with Gasteiger partial charge in [0.1, 0.15) is 5.69 Å². The minimum Gasteiger partial charge on any atom is -0.370 e. The summed E-state index contributed by atoms with van der Waals surface area (Å²) in [6.45, 7) is 4.74. The lowest BCUT2D eigenvalue weighted by atomic mass is 9.99. The minimum atomic E-state index is -3.13. The van der Waals surface area contributed by atoms with Crippen LogP contribution in [0.4, 0.5) is 11.4 Å². The number of hydrogen-bond acceptors (Lipinski definition) is 6. The van der Waals surface area contributed by atoms with Crippen LogP contribution in [-0.2, 0) is 10.0 Å². The van der Waals surface area contributed by atoms with Crippen molar-refractivity contribution >= 4 is 38.6 Å². The molecule has 9 heteroatoms. The van der Waals surface area contributed by atoms with Crippen molar-refractivity contribution in [3.05, 3.63) is 40.3 Å². The summed E-state index contributed by atoms with van der Waals surface area (Å²) in [5, 5.41) is 5.78. The Morgan fingerprint density at radius 2 is 1.84 bits per heavy atom. The number of sulfonamides is 1. The number of amides is 1. The summed E-state index contributed by atoms with van der Waals surface area (Å²) < 4.78 is 25.7. The summed E-state index contributed by atoms with van der Waals surface area (Å²) in [5.41, 5.74) is 2.31. The van der Waals surface area contributed by atoms with Crippen LogP contribution in [0.1, 0.15) is 60.4 Å². The zero-order valence-corrected chi connectivity index (χ0v) is 19.6. The Labute approximate surface area is 188 Å². The molecular weight excluding hydrogens is 432 g/mol. The zero-order chi connectivity index (χ0) is 21.8. The molecule has 168 valence electrons. The number of rotatable bonds is 6. The molecule has 2 aliphatic rings. The van der Waals surface area contributed by atoms with Gasteiger partial charge in [0.15, 0.2) is 0 Å². The molecule has 31 heavy (non-hydrogen) atoms. The average molecular weight is 463 g/mol. The highest BCUT2D eigenvalue weighted by atomic mass is 32.2. The Bertz CT molecular complexity index is 1010. The monoisotopic (exact) mass is 462 g/mol. The normalized spacial score (nSPS) is 18.8. The van der Waals surface area contributed by atoms with Crippen LogP contribution in [0, 0.1) is 0 Å². The van der Waals surface area contributed by atoms with Gasteiger partial charge in [-0.15, -0.1) is 11.3 Å². The van der Waals surface area contributed by atoms with Crippen LogP contribution < -0.4 is 10.2 Å². The van der Waals surface area contributed by atoms with E-state index in [1.165, 1.54) is 30.6 Å². The number of aromatic nitrogens is 1. The molecule has 0 saturated carbocycles. The van der Waals surface area contributed by atoms with Gasteiger partial charge in [-0.1, -0.05) is 12.1 Å². The van der Waals surface area contributed by atoms with E-state index in [1.807, 2.05) is 23.6 Å². The molecule has 0 aliphatic carbocycles. The van der Waals surface area contributed by atoms with Crippen LogP contribution in [0.15, 0.2) is 29.6 Å². The summed E-state index contributed by atoms with van der Waals surface area (Å²) in [6, 6.07) is 7.95. The molecule has 1 aromatic carbocycles. The number of nitrogens with zero attached hydrogens (tertiary/aromatic N) is 3. The van der Waals surface area contributed by atoms with Crippen LogP contribution in [0.2, 0.25) is 0 Å². The lowest BCUT2D eigenvalue weighted by molar-refractivity contribution is 0.102. The minimum absolute atomic E-state index is 0.137. The summed E-state index contributed by atoms with van der Waals surface area (Å²) in [6.07, 6.45) is 5.10. The smallest absolute Gasteiger partial charge is 0.275 e. The summed E-state index contributed by atoms with van der Waals surface area (Å²) in [4.78, 5) is 19.8. The first-order valence-corrected chi connectivity index (χ1v) is 13.6. The number of carbonyl (C=O) groups is 1. The highest BCUT2D eigenvalue weighted by Gasteiger charge is 2.29. The van der Waals surface area contributed by atoms with Crippen LogP contribution in [0.5, 0.6) is 0 Å². The van der Waals surface area contributed by atoms with E-state index in [4.69, 9.17) is 0 Å².